The van der Waals surface area contributed by atoms with Crippen molar-refractivity contribution in [3.63, 3.8) is 0 Å². The Labute approximate surface area is 220 Å². The first-order valence-corrected chi connectivity index (χ1v) is 13.7. The number of hydrogen-bond acceptors (Lipinski definition) is 8. The maximum atomic E-state index is 13.3. The van der Waals surface area contributed by atoms with Crippen molar-refractivity contribution in [1.29, 1.82) is 0 Å². The van der Waals surface area contributed by atoms with E-state index in [1.165, 1.54) is 12.1 Å². The largest absolute Gasteiger partial charge is 0.396 e. The monoisotopic (exact) mass is 531 g/mol. The minimum absolute atomic E-state index is 0.00823. The molecule has 10 heteroatoms. The Bertz CT molecular complexity index is 1200. The molecule has 6 rings (SSSR count). The number of aliphatic hydroxyl groups excluding tert-OH is 4. The first-order chi connectivity index (χ1) is 18.0. The second kappa shape index (κ2) is 8.78. The molecule has 208 valence electrons. The lowest BCUT2D eigenvalue weighted by Gasteiger charge is -2.68. The highest BCUT2D eigenvalue weighted by atomic mass is 19.1. The summed E-state index contributed by atoms with van der Waals surface area (Å²) >= 11 is 0. The quantitative estimate of drug-likeness (QED) is 0.343. The highest BCUT2D eigenvalue weighted by molar-refractivity contribution is 5.28. The second-order valence-corrected chi connectivity index (χ2v) is 12.7. The molecule has 9 nitrogen and oxygen atoms in total. The van der Waals surface area contributed by atoms with E-state index in [9.17, 15) is 35.0 Å². The number of halogens is 1. The molecule has 6 N–H and O–H groups in total. The van der Waals surface area contributed by atoms with Crippen LogP contribution in [0.4, 0.5) is 4.39 Å². The van der Waals surface area contributed by atoms with Gasteiger partial charge < -0.3 is 30.6 Å². The third-order valence-corrected chi connectivity index (χ3v) is 11.1. The van der Waals surface area contributed by atoms with E-state index < -0.39 is 58.8 Å². The first-order valence-electron chi connectivity index (χ1n) is 13.7. The molecule has 1 heterocycles. The van der Waals surface area contributed by atoms with Gasteiger partial charge in [0.25, 0.3) is 0 Å². The van der Waals surface area contributed by atoms with Crippen LogP contribution in [0, 0.1) is 28.5 Å². The highest BCUT2D eigenvalue weighted by Crippen LogP contribution is 2.71. The van der Waals surface area contributed by atoms with Crippen LogP contribution in [0.25, 0.3) is 0 Å². The van der Waals surface area contributed by atoms with E-state index in [0.717, 1.165) is 11.3 Å². The number of fused-ring (bicyclic) bond motifs is 5. The van der Waals surface area contributed by atoms with Crippen LogP contribution < -0.4 is 0 Å². The number of nitrogens with zero attached hydrogens (tertiary/aromatic N) is 3. The van der Waals surface area contributed by atoms with Crippen molar-refractivity contribution < 1.29 is 35.0 Å². The summed E-state index contributed by atoms with van der Waals surface area (Å²) in [5.41, 5.74) is -3.31. The molecule has 0 amide bonds. The lowest BCUT2D eigenvalue weighted by atomic mass is 9.40. The van der Waals surface area contributed by atoms with Gasteiger partial charge in [-0.2, -0.15) is 0 Å². The number of hydrogen-bond donors (Lipinski definition) is 6. The van der Waals surface area contributed by atoms with E-state index in [0.29, 0.717) is 25.8 Å². The van der Waals surface area contributed by atoms with Gasteiger partial charge in [0.2, 0.25) is 0 Å². The predicted octanol–water partition coefficient (Wildman–Crippen LogP) is 1.10. The van der Waals surface area contributed by atoms with Crippen LogP contribution in [0.1, 0.15) is 69.0 Å². The summed E-state index contributed by atoms with van der Waals surface area (Å²) in [5, 5.41) is 76.7. The van der Waals surface area contributed by atoms with Gasteiger partial charge in [-0.3, -0.25) is 0 Å². The van der Waals surface area contributed by atoms with E-state index >= 15 is 0 Å². The summed E-state index contributed by atoms with van der Waals surface area (Å²) in [6, 6.07) is 6.20. The van der Waals surface area contributed by atoms with Gasteiger partial charge in [-0.05, 0) is 55.7 Å². The fraction of sp³-hybridized carbons (Fsp3) is 0.714. The molecule has 4 saturated carbocycles. The third-order valence-electron chi connectivity index (χ3n) is 11.1. The van der Waals surface area contributed by atoms with Crippen LogP contribution in [0.5, 0.6) is 0 Å². The molecular formula is C28H38FN3O6. The summed E-state index contributed by atoms with van der Waals surface area (Å²) in [6.07, 6.45) is 0.740. The zero-order chi connectivity index (χ0) is 27.1. The Kier molecular flexibility index (Phi) is 6.07. The van der Waals surface area contributed by atoms with Gasteiger partial charge in [-0.25, -0.2) is 9.07 Å². The Morgan fingerprint density at radius 2 is 1.79 bits per heavy atom. The summed E-state index contributed by atoms with van der Waals surface area (Å²) in [6.45, 7) is 1.87. The van der Waals surface area contributed by atoms with Crippen molar-refractivity contribution >= 4 is 0 Å². The number of aliphatic hydroxyl groups is 6. The fourth-order valence-electron chi connectivity index (χ4n) is 9.31. The molecule has 1 aromatic heterocycles. The van der Waals surface area contributed by atoms with Crippen LogP contribution in [-0.2, 0) is 6.54 Å². The van der Waals surface area contributed by atoms with Gasteiger partial charge in [-0.15, -0.1) is 5.10 Å². The van der Waals surface area contributed by atoms with Crippen LogP contribution in [0.2, 0.25) is 0 Å². The molecule has 4 fully saturated rings. The standard InChI is InChI=1S/C28H38FN3O6/c1-25-12-22(35)24-20(6-8-26(37)11-18(34)10-23(36)27(24,26)15-33)28(25,38)9-7-19(25)21-14-32(31-30-21)13-16-2-4-17(29)5-3-16/h2-5,14,18-20,22-24,33-38H,6-13,15H2,1H3/t18-,19+,20?,22+,23+,24?,25+,26-,27+,28-/m0/s1. The Morgan fingerprint density at radius 3 is 2.50 bits per heavy atom. The smallest absolute Gasteiger partial charge is 0.123 e. The number of rotatable bonds is 4. The predicted molar refractivity (Wildman–Crippen MR) is 133 cm³/mol. The van der Waals surface area contributed by atoms with E-state index in [4.69, 9.17) is 0 Å². The molecule has 38 heavy (non-hydrogen) atoms. The lowest BCUT2D eigenvalue weighted by molar-refractivity contribution is -0.316. The van der Waals surface area contributed by atoms with E-state index in [-0.39, 0.29) is 37.4 Å². The summed E-state index contributed by atoms with van der Waals surface area (Å²) in [5.74, 6) is -1.65. The summed E-state index contributed by atoms with van der Waals surface area (Å²) in [4.78, 5) is 0. The van der Waals surface area contributed by atoms with Gasteiger partial charge in [0.1, 0.15) is 5.82 Å². The van der Waals surface area contributed by atoms with Crippen molar-refractivity contribution in [3.05, 3.63) is 47.5 Å². The molecule has 0 aliphatic heterocycles. The summed E-state index contributed by atoms with van der Waals surface area (Å²) in [7, 11) is 0. The van der Waals surface area contributed by atoms with Crippen LogP contribution in [0.15, 0.2) is 30.5 Å². The van der Waals surface area contributed by atoms with E-state index in [2.05, 4.69) is 10.3 Å². The van der Waals surface area contributed by atoms with Crippen LogP contribution in [0.3, 0.4) is 0 Å². The van der Waals surface area contributed by atoms with Crippen LogP contribution >= 0.6 is 0 Å². The van der Waals surface area contributed by atoms with Crippen molar-refractivity contribution in [2.24, 2.45) is 22.7 Å². The average Bonchev–Trinajstić information content (AvgIpc) is 3.41. The van der Waals surface area contributed by atoms with Crippen molar-refractivity contribution in [2.75, 3.05) is 6.61 Å². The average molecular weight is 532 g/mol. The highest BCUT2D eigenvalue weighted by Gasteiger charge is 2.75. The first kappa shape index (κ1) is 26.3. The summed E-state index contributed by atoms with van der Waals surface area (Å²) < 4.78 is 15.0. The minimum Gasteiger partial charge on any atom is -0.396 e. The van der Waals surface area contributed by atoms with Crippen LogP contribution in [-0.4, -0.2) is 81.8 Å². The van der Waals surface area contributed by atoms with Gasteiger partial charge in [0, 0.05) is 36.3 Å². The molecule has 4 aliphatic carbocycles. The second-order valence-electron chi connectivity index (χ2n) is 12.7. The zero-order valence-corrected chi connectivity index (χ0v) is 21.6. The zero-order valence-electron chi connectivity index (χ0n) is 21.6. The van der Waals surface area contributed by atoms with Crippen molar-refractivity contribution in [2.45, 2.75) is 93.8 Å². The third kappa shape index (κ3) is 3.44. The molecule has 0 saturated heterocycles. The fourth-order valence-corrected chi connectivity index (χ4v) is 9.31. The maximum absolute atomic E-state index is 13.3. The van der Waals surface area contributed by atoms with Crippen molar-refractivity contribution in [1.82, 2.24) is 15.0 Å². The molecule has 0 radical (unpaired) electrons. The van der Waals surface area contributed by atoms with E-state index in [1.54, 1.807) is 16.8 Å². The molecule has 0 spiro atoms. The Balaban J connectivity index is 1.32. The molecular weight excluding hydrogens is 493 g/mol. The molecule has 2 aromatic rings. The molecule has 0 bridgehead atoms. The SMILES string of the molecule is C[C@]12C[C@@H](O)C3C(CC[C@]4(O)C[C@@H](O)C[C@@H](O)[C@]34CO)[C@@]1(O)CC[C@@H]2c1cn(Cc2ccc(F)cc2)nn1. The minimum atomic E-state index is -1.54. The Hall–Kier alpha value is -1.95. The van der Waals surface area contributed by atoms with E-state index in [1.807, 2.05) is 13.1 Å². The number of benzene rings is 1. The van der Waals surface area contributed by atoms with Gasteiger partial charge in [0.15, 0.2) is 0 Å². The normalized spacial score (nSPS) is 46.3. The van der Waals surface area contributed by atoms with Gasteiger partial charge >= 0.3 is 0 Å². The number of aromatic nitrogens is 3. The molecule has 1 aromatic carbocycles. The van der Waals surface area contributed by atoms with Gasteiger partial charge in [-0.1, -0.05) is 24.3 Å². The molecule has 2 unspecified atom stereocenters. The van der Waals surface area contributed by atoms with Gasteiger partial charge in [0.05, 0.1) is 53.8 Å². The molecule has 10 atom stereocenters. The maximum Gasteiger partial charge on any atom is 0.123 e. The topological polar surface area (TPSA) is 152 Å². The molecule has 4 aliphatic rings. The van der Waals surface area contributed by atoms with Crippen molar-refractivity contribution in [3.8, 4) is 0 Å². The lowest BCUT2D eigenvalue weighted by Crippen LogP contribution is -2.75. The Morgan fingerprint density at radius 1 is 1.05 bits per heavy atom.